The molecule has 0 bridgehead atoms. The van der Waals surface area contributed by atoms with Crippen LogP contribution in [0.2, 0.25) is 0 Å². The number of hydroxylamine groups is 2. The maximum absolute atomic E-state index is 10.7. The highest BCUT2D eigenvalue weighted by Gasteiger charge is 2.11. The second-order valence-electron chi connectivity index (χ2n) is 8.10. The van der Waals surface area contributed by atoms with Gasteiger partial charge in [-0.1, -0.05) is 13.2 Å². The van der Waals surface area contributed by atoms with Crippen LogP contribution in [0.15, 0.2) is 25.3 Å². The van der Waals surface area contributed by atoms with Gasteiger partial charge in [-0.3, -0.25) is 27.7 Å². The first-order chi connectivity index (χ1) is 15.0. The molecular weight excluding hydrogens is 456 g/mol. The highest BCUT2D eigenvalue weighted by Crippen LogP contribution is 1.98. The molecule has 0 unspecified atom stereocenters. The molecule has 0 aliphatic rings. The summed E-state index contributed by atoms with van der Waals surface area (Å²) in [6.45, 7) is 16.3. The van der Waals surface area contributed by atoms with Crippen LogP contribution in [0.1, 0.15) is 26.7 Å². The summed E-state index contributed by atoms with van der Waals surface area (Å²) in [5.74, 6) is -0.594. The Morgan fingerprint density at radius 2 is 1.09 bits per heavy atom. The van der Waals surface area contributed by atoms with Gasteiger partial charge < -0.3 is 18.1 Å². The number of nitrogens with zero attached hydrogens (tertiary/aromatic N) is 2. The minimum absolute atomic E-state index is 0.297. The third kappa shape index (κ3) is 34.9. The molecule has 0 fully saturated rings. The summed E-state index contributed by atoms with van der Waals surface area (Å²) in [7, 11) is 3.51. The van der Waals surface area contributed by atoms with Crippen molar-refractivity contribution >= 4 is 22.2 Å². The molecule has 0 aromatic carbocycles. The molecule has 0 rings (SSSR count). The smallest absolute Gasteiger partial charge is 0.266 e. The number of carbonyl (C=O) groups excluding carboxylic acids is 2. The Balaban J connectivity index is -0.000000453. The average Bonchev–Trinajstić information content (AvgIpc) is 2.72. The third-order valence-electron chi connectivity index (χ3n) is 4.45. The molecule has 196 valence electrons. The first-order valence-electron chi connectivity index (χ1n) is 10.4. The summed E-state index contributed by atoms with van der Waals surface area (Å²) in [5.41, 5.74) is 4.55. The monoisotopic (exact) mass is 498 g/mol. The second-order valence-corrected chi connectivity index (χ2v) is 8.92. The predicted octanol–water partition coefficient (Wildman–Crippen LogP) is 0.0752. The maximum atomic E-state index is 10.7. The van der Waals surface area contributed by atoms with Crippen LogP contribution in [0.5, 0.6) is 0 Å². The number of hydrogen-bond acceptors (Lipinski definition) is 8. The summed E-state index contributed by atoms with van der Waals surface area (Å²) in [4.78, 5) is 31.2. The molecule has 0 aliphatic heterocycles. The average molecular weight is 499 g/mol. The molecule has 12 nitrogen and oxygen atoms in total. The molecule has 0 heterocycles. The number of hydrogen-bond donors (Lipinski definition) is 2. The van der Waals surface area contributed by atoms with Gasteiger partial charge in [0, 0.05) is 23.2 Å². The fraction of sp³-hybridized carbons (Fsp3) is 0.700. The lowest BCUT2D eigenvalue weighted by molar-refractivity contribution is -0.888. The van der Waals surface area contributed by atoms with Crippen molar-refractivity contribution in [3.8, 4) is 0 Å². The molecule has 0 saturated carbocycles. The summed E-state index contributed by atoms with van der Waals surface area (Å²) < 4.78 is 36.0. The zero-order valence-electron chi connectivity index (χ0n) is 20.8. The molecule has 0 radical (unpaired) electrons. The van der Waals surface area contributed by atoms with E-state index in [0.717, 1.165) is 48.0 Å². The van der Waals surface area contributed by atoms with Crippen molar-refractivity contribution in [3.05, 3.63) is 25.3 Å². The summed E-state index contributed by atoms with van der Waals surface area (Å²) in [5, 5.41) is 0. The van der Waals surface area contributed by atoms with Crippen LogP contribution in [-0.2, 0) is 29.7 Å². The highest BCUT2D eigenvalue weighted by atomic mass is 32.3. The van der Waals surface area contributed by atoms with Crippen LogP contribution in [0.25, 0.3) is 0 Å². The van der Waals surface area contributed by atoms with Crippen molar-refractivity contribution in [2.75, 3.05) is 67.6 Å². The van der Waals surface area contributed by atoms with E-state index in [4.69, 9.17) is 27.2 Å². The maximum Gasteiger partial charge on any atom is 0.266 e. The Bertz CT molecular complexity index is 617. The van der Waals surface area contributed by atoms with E-state index in [1.165, 1.54) is 12.2 Å². The van der Waals surface area contributed by atoms with E-state index < -0.39 is 10.4 Å². The van der Waals surface area contributed by atoms with E-state index in [1.807, 2.05) is 0 Å². The van der Waals surface area contributed by atoms with Gasteiger partial charge in [-0.05, 0) is 26.0 Å². The van der Waals surface area contributed by atoms with Gasteiger partial charge in [0.15, 0.2) is 0 Å². The third-order valence-corrected chi connectivity index (χ3v) is 4.45. The van der Waals surface area contributed by atoms with Crippen molar-refractivity contribution in [1.29, 1.82) is 0 Å². The molecular formula is C20H42N4O8S. The van der Waals surface area contributed by atoms with E-state index in [2.05, 4.69) is 66.2 Å². The summed E-state index contributed by atoms with van der Waals surface area (Å²) in [6.07, 6.45) is 4.23. The first-order valence-corrected chi connectivity index (χ1v) is 11.8. The molecule has 2 N–H and O–H groups in total. The minimum Gasteiger partial charge on any atom is -0.759 e. The Morgan fingerprint density at radius 3 is 1.30 bits per heavy atom. The largest absolute Gasteiger partial charge is 0.759 e. The van der Waals surface area contributed by atoms with E-state index in [-0.39, 0.29) is 11.8 Å². The minimum atomic E-state index is -5.17. The molecule has 13 heteroatoms. The van der Waals surface area contributed by atoms with Gasteiger partial charge in [-0.25, -0.2) is 11.0 Å². The SMILES string of the molecule is C=CC(=O)NOCCC[N+](C)(C)CC.C=CC(=O)NOCCC[N+](C)(C)CC.O=S(=O)([O-])[O-]. The molecule has 0 atom stereocenters. The second kappa shape index (κ2) is 19.6. The lowest BCUT2D eigenvalue weighted by atomic mass is 10.3. The van der Waals surface area contributed by atoms with Gasteiger partial charge >= 0.3 is 0 Å². The fourth-order valence-corrected chi connectivity index (χ4v) is 1.77. The first kappa shape index (κ1) is 35.7. The van der Waals surface area contributed by atoms with Crippen molar-refractivity contribution in [1.82, 2.24) is 11.0 Å². The zero-order chi connectivity index (χ0) is 26.6. The summed E-state index contributed by atoms with van der Waals surface area (Å²) >= 11 is 0. The zero-order valence-corrected chi connectivity index (χ0v) is 21.6. The standard InChI is InChI=1S/2C10H20N2O2.H2O4S/c2*1-5-10(13)11-14-9-7-8-12(3,4)6-2;1-5(2,3)4/h2*5H,1,6-9H2,2-4H3;(H2,1,2,3,4). The van der Waals surface area contributed by atoms with Gasteiger partial charge in [-0.2, -0.15) is 0 Å². The van der Waals surface area contributed by atoms with Gasteiger partial charge in [0.25, 0.3) is 11.8 Å². The van der Waals surface area contributed by atoms with Crippen LogP contribution in [-0.4, -0.2) is 106 Å². The van der Waals surface area contributed by atoms with E-state index in [0.29, 0.717) is 13.2 Å². The van der Waals surface area contributed by atoms with E-state index in [9.17, 15) is 9.59 Å². The number of carbonyl (C=O) groups is 2. The lowest BCUT2D eigenvalue weighted by Crippen LogP contribution is -2.40. The summed E-state index contributed by atoms with van der Waals surface area (Å²) in [6, 6.07) is 0. The Kier molecular flexibility index (Phi) is 21.2. The van der Waals surface area contributed by atoms with Crippen molar-refractivity contribution in [2.45, 2.75) is 26.7 Å². The van der Waals surface area contributed by atoms with Crippen molar-refractivity contribution < 1.29 is 45.8 Å². The Hall–Kier alpha value is -1.87. The number of nitrogens with one attached hydrogen (secondary N) is 2. The topological polar surface area (TPSA) is 157 Å². The number of amides is 2. The Labute approximate surface area is 198 Å². The van der Waals surface area contributed by atoms with Gasteiger partial charge in [0.2, 0.25) is 0 Å². The van der Waals surface area contributed by atoms with E-state index in [1.54, 1.807) is 0 Å². The normalized spacial score (nSPS) is 11.2. The lowest BCUT2D eigenvalue weighted by Gasteiger charge is -2.27. The van der Waals surface area contributed by atoms with Gasteiger partial charge in [0.1, 0.15) is 0 Å². The van der Waals surface area contributed by atoms with Crippen LogP contribution in [0.3, 0.4) is 0 Å². The molecule has 0 aromatic heterocycles. The quantitative estimate of drug-likeness (QED) is 0.0851. The number of rotatable bonds is 14. The molecule has 0 aliphatic carbocycles. The number of quaternary nitrogens is 2. The fourth-order valence-electron chi connectivity index (χ4n) is 1.77. The molecule has 0 spiro atoms. The highest BCUT2D eigenvalue weighted by molar-refractivity contribution is 7.79. The van der Waals surface area contributed by atoms with Crippen LogP contribution in [0.4, 0.5) is 0 Å². The molecule has 0 saturated heterocycles. The van der Waals surface area contributed by atoms with Crippen LogP contribution >= 0.6 is 0 Å². The van der Waals surface area contributed by atoms with Crippen LogP contribution < -0.4 is 11.0 Å². The van der Waals surface area contributed by atoms with Crippen LogP contribution in [0, 0.1) is 0 Å². The predicted molar refractivity (Wildman–Crippen MR) is 123 cm³/mol. The van der Waals surface area contributed by atoms with Gasteiger partial charge in [-0.15, -0.1) is 0 Å². The van der Waals surface area contributed by atoms with Crippen molar-refractivity contribution in [2.24, 2.45) is 0 Å². The molecule has 33 heavy (non-hydrogen) atoms. The van der Waals surface area contributed by atoms with Crippen molar-refractivity contribution in [3.63, 3.8) is 0 Å². The molecule has 0 aromatic rings. The molecule has 2 amide bonds. The Morgan fingerprint density at radius 1 is 0.818 bits per heavy atom. The van der Waals surface area contributed by atoms with E-state index >= 15 is 0 Å². The van der Waals surface area contributed by atoms with Gasteiger partial charge in [0.05, 0.1) is 67.6 Å².